The van der Waals surface area contributed by atoms with E-state index in [0.29, 0.717) is 11.4 Å². The molecule has 1 aromatic heterocycles. The summed E-state index contributed by atoms with van der Waals surface area (Å²) in [5.41, 5.74) is 0.898. The van der Waals surface area contributed by atoms with Gasteiger partial charge < -0.3 is 10.6 Å². The molecule has 2 aromatic carbocycles. The first-order valence-electron chi connectivity index (χ1n) is 6.54. The molecule has 0 atom stereocenters. The SMILES string of the molecule is Fc1ccc(Nc2nncc(Nc3ccc(F)c(F)c3)n2)cc1. The lowest BCUT2D eigenvalue weighted by Crippen LogP contribution is -2.02. The summed E-state index contributed by atoms with van der Waals surface area (Å²) in [6, 6.07) is 9.00. The first-order chi connectivity index (χ1) is 11.1. The van der Waals surface area contributed by atoms with E-state index in [4.69, 9.17) is 0 Å². The molecule has 3 rings (SSSR count). The first kappa shape index (κ1) is 14.8. The van der Waals surface area contributed by atoms with E-state index in [0.717, 1.165) is 12.1 Å². The molecule has 1 heterocycles. The molecular weight excluding hydrogens is 307 g/mol. The zero-order valence-electron chi connectivity index (χ0n) is 11.6. The summed E-state index contributed by atoms with van der Waals surface area (Å²) in [6.07, 6.45) is 1.33. The van der Waals surface area contributed by atoms with Gasteiger partial charge in [0.05, 0.1) is 6.20 Å². The zero-order chi connectivity index (χ0) is 16.2. The van der Waals surface area contributed by atoms with Crippen molar-refractivity contribution in [3.05, 3.63) is 66.1 Å². The maximum Gasteiger partial charge on any atom is 0.249 e. The lowest BCUT2D eigenvalue weighted by atomic mass is 10.3. The van der Waals surface area contributed by atoms with Crippen molar-refractivity contribution in [1.29, 1.82) is 0 Å². The summed E-state index contributed by atoms with van der Waals surface area (Å²) in [5, 5.41) is 13.2. The van der Waals surface area contributed by atoms with Crippen LogP contribution in [0.15, 0.2) is 48.7 Å². The van der Waals surface area contributed by atoms with Crippen molar-refractivity contribution >= 4 is 23.1 Å². The van der Waals surface area contributed by atoms with Crippen LogP contribution in [-0.4, -0.2) is 15.2 Å². The van der Waals surface area contributed by atoms with Crippen LogP contribution < -0.4 is 10.6 Å². The fourth-order valence-corrected chi connectivity index (χ4v) is 1.80. The lowest BCUT2D eigenvalue weighted by Gasteiger charge is -2.08. The highest BCUT2D eigenvalue weighted by Gasteiger charge is 2.05. The standard InChI is InChI=1S/C15H10F3N5/c16-9-1-3-10(4-2-9)21-15-22-14(8-19-23-15)20-11-5-6-12(17)13(18)7-11/h1-8H,(H2,20,21,22,23). The van der Waals surface area contributed by atoms with E-state index in [9.17, 15) is 13.2 Å². The van der Waals surface area contributed by atoms with Gasteiger partial charge in [-0.15, -0.1) is 5.10 Å². The quantitative estimate of drug-likeness (QED) is 0.767. The second-order valence-electron chi connectivity index (χ2n) is 4.55. The van der Waals surface area contributed by atoms with Crippen molar-refractivity contribution < 1.29 is 13.2 Å². The molecule has 23 heavy (non-hydrogen) atoms. The molecule has 0 bridgehead atoms. The maximum absolute atomic E-state index is 13.2. The van der Waals surface area contributed by atoms with Gasteiger partial charge in [-0.3, -0.25) is 0 Å². The minimum Gasteiger partial charge on any atom is -0.339 e. The normalized spacial score (nSPS) is 10.4. The third-order valence-electron chi connectivity index (χ3n) is 2.85. The highest BCUT2D eigenvalue weighted by Crippen LogP contribution is 2.18. The first-order valence-corrected chi connectivity index (χ1v) is 6.54. The molecule has 0 saturated heterocycles. The van der Waals surface area contributed by atoms with Gasteiger partial charge in [-0.05, 0) is 36.4 Å². The third kappa shape index (κ3) is 3.73. The van der Waals surface area contributed by atoms with Crippen LogP contribution in [0.4, 0.5) is 36.3 Å². The van der Waals surface area contributed by atoms with E-state index in [1.165, 1.54) is 36.5 Å². The van der Waals surface area contributed by atoms with Gasteiger partial charge in [0, 0.05) is 17.4 Å². The Labute approximate surface area is 129 Å². The molecule has 2 N–H and O–H groups in total. The van der Waals surface area contributed by atoms with Crippen LogP contribution >= 0.6 is 0 Å². The zero-order valence-corrected chi connectivity index (χ0v) is 11.6. The molecule has 0 aliphatic rings. The summed E-state index contributed by atoms with van der Waals surface area (Å²) < 4.78 is 38.9. The van der Waals surface area contributed by atoms with Crippen molar-refractivity contribution in [2.75, 3.05) is 10.6 Å². The smallest absolute Gasteiger partial charge is 0.249 e. The van der Waals surface area contributed by atoms with Gasteiger partial charge >= 0.3 is 0 Å². The summed E-state index contributed by atoms with van der Waals surface area (Å²) in [6.45, 7) is 0. The lowest BCUT2D eigenvalue weighted by molar-refractivity contribution is 0.509. The third-order valence-corrected chi connectivity index (χ3v) is 2.85. The van der Waals surface area contributed by atoms with Crippen molar-refractivity contribution in [3.63, 3.8) is 0 Å². The number of hydrogen-bond donors (Lipinski definition) is 2. The molecule has 5 nitrogen and oxygen atoms in total. The van der Waals surface area contributed by atoms with E-state index in [-0.39, 0.29) is 17.6 Å². The van der Waals surface area contributed by atoms with Gasteiger partial charge in [-0.2, -0.15) is 10.1 Å². The highest BCUT2D eigenvalue weighted by molar-refractivity contribution is 5.58. The van der Waals surface area contributed by atoms with Crippen molar-refractivity contribution in [2.45, 2.75) is 0 Å². The van der Waals surface area contributed by atoms with Crippen LogP contribution in [-0.2, 0) is 0 Å². The van der Waals surface area contributed by atoms with Crippen molar-refractivity contribution in [3.8, 4) is 0 Å². The maximum atomic E-state index is 13.2. The molecule has 0 radical (unpaired) electrons. The van der Waals surface area contributed by atoms with Crippen molar-refractivity contribution in [1.82, 2.24) is 15.2 Å². The monoisotopic (exact) mass is 317 g/mol. The fourth-order valence-electron chi connectivity index (χ4n) is 1.80. The van der Waals surface area contributed by atoms with E-state index in [1.807, 2.05) is 0 Å². The largest absolute Gasteiger partial charge is 0.339 e. The molecule has 3 aromatic rings. The summed E-state index contributed by atoms with van der Waals surface area (Å²) in [5.74, 6) is -1.81. The number of benzene rings is 2. The van der Waals surface area contributed by atoms with Crippen LogP contribution in [0.5, 0.6) is 0 Å². The Morgan fingerprint density at radius 2 is 1.52 bits per heavy atom. The fraction of sp³-hybridized carbons (Fsp3) is 0. The number of aromatic nitrogens is 3. The van der Waals surface area contributed by atoms with Crippen LogP contribution in [0, 0.1) is 17.5 Å². The Kier molecular flexibility index (Phi) is 4.05. The Morgan fingerprint density at radius 3 is 2.26 bits per heavy atom. The van der Waals surface area contributed by atoms with Gasteiger partial charge in [0.2, 0.25) is 5.95 Å². The number of hydrogen-bond acceptors (Lipinski definition) is 5. The minimum atomic E-state index is -0.971. The van der Waals surface area contributed by atoms with E-state index < -0.39 is 11.6 Å². The number of anilines is 4. The summed E-state index contributed by atoms with van der Waals surface area (Å²) >= 11 is 0. The summed E-state index contributed by atoms with van der Waals surface area (Å²) in [4.78, 5) is 4.13. The average molecular weight is 317 g/mol. The minimum absolute atomic E-state index is 0.171. The molecule has 116 valence electrons. The van der Waals surface area contributed by atoms with Gasteiger partial charge in [-0.1, -0.05) is 0 Å². The molecule has 0 spiro atoms. The molecular formula is C15H10F3N5. The number of rotatable bonds is 4. The van der Waals surface area contributed by atoms with Crippen LogP contribution in [0.2, 0.25) is 0 Å². The highest BCUT2D eigenvalue weighted by atomic mass is 19.2. The number of halogens is 3. The molecule has 0 aliphatic heterocycles. The Bertz CT molecular complexity index is 824. The van der Waals surface area contributed by atoms with E-state index >= 15 is 0 Å². The molecule has 0 unspecified atom stereocenters. The molecule has 0 fully saturated rings. The van der Waals surface area contributed by atoms with Gasteiger partial charge in [-0.25, -0.2) is 13.2 Å². The van der Waals surface area contributed by atoms with Gasteiger partial charge in [0.15, 0.2) is 17.5 Å². The molecule has 0 amide bonds. The molecule has 0 aliphatic carbocycles. The van der Waals surface area contributed by atoms with Gasteiger partial charge in [0.25, 0.3) is 0 Å². The van der Waals surface area contributed by atoms with Crippen LogP contribution in [0.25, 0.3) is 0 Å². The predicted molar refractivity (Wildman–Crippen MR) is 79.2 cm³/mol. The van der Waals surface area contributed by atoms with E-state index in [2.05, 4.69) is 25.8 Å². The van der Waals surface area contributed by atoms with Crippen LogP contribution in [0.3, 0.4) is 0 Å². The Balaban J connectivity index is 1.76. The van der Waals surface area contributed by atoms with Gasteiger partial charge in [0.1, 0.15) is 5.82 Å². The molecule has 0 saturated carbocycles. The molecule has 8 heteroatoms. The van der Waals surface area contributed by atoms with E-state index in [1.54, 1.807) is 0 Å². The average Bonchev–Trinajstić information content (AvgIpc) is 2.54. The Morgan fingerprint density at radius 1 is 0.783 bits per heavy atom. The summed E-state index contributed by atoms with van der Waals surface area (Å²) in [7, 11) is 0. The second kappa shape index (κ2) is 6.30. The topological polar surface area (TPSA) is 62.7 Å². The predicted octanol–water partition coefficient (Wildman–Crippen LogP) is 3.78. The van der Waals surface area contributed by atoms with Crippen molar-refractivity contribution in [2.24, 2.45) is 0 Å². The van der Waals surface area contributed by atoms with Crippen LogP contribution in [0.1, 0.15) is 0 Å². The number of nitrogens with zero attached hydrogens (tertiary/aromatic N) is 3. The Hall–Kier alpha value is -3.16. The number of nitrogens with one attached hydrogen (secondary N) is 2. The second-order valence-corrected chi connectivity index (χ2v) is 4.55.